The number of hydrogen-bond acceptors (Lipinski definition) is 2. The Kier molecular flexibility index (Phi) is 6.77. The van der Waals surface area contributed by atoms with Crippen LogP contribution in [0.1, 0.15) is 22.7 Å². The van der Waals surface area contributed by atoms with Crippen LogP contribution in [0.4, 0.5) is 26.3 Å². The van der Waals surface area contributed by atoms with Crippen molar-refractivity contribution in [2.45, 2.75) is 18.6 Å². The summed E-state index contributed by atoms with van der Waals surface area (Å²) in [5, 5.41) is 0. The van der Waals surface area contributed by atoms with Crippen molar-refractivity contribution in [3.8, 4) is 5.75 Å². The molecule has 0 heterocycles. The van der Waals surface area contributed by atoms with Gasteiger partial charge in [-0.25, -0.2) is 0 Å². The van der Waals surface area contributed by atoms with Crippen LogP contribution in [0, 0.1) is 0 Å². The highest BCUT2D eigenvalue weighted by atomic mass is 79.9. The number of hydrogen-bond donors (Lipinski definition) is 1. The normalized spacial score (nSPS) is 13.1. The third kappa shape index (κ3) is 6.09. The third-order valence-electron chi connectivity index (χ3n) is 3.08. The molecule has 2 nitrogen and oxygen atoms in total. The lowest BCUT2D eigenvalue weighted by molar-refractivity contribution is -0.274. The first-order chi connectivity index (χ1) is 11.0. The molecule has 1 atom stereocenters. The highest BCUT2D eigenvalue weighted by Gasteiger charge is 2.32. The zero-order chi connectivity index (χ0) is 18.1. The molecule has 25 heavy (non-hydrogen) atoms. The molecule has 0 radical (unpaired) electrons. The Morgan fingerprint density at radius 1 is 0.880 bits per heavy atom. The quantitative estimate of drug-likeness (QED) is 0.597. The van der Waals surface area contributed by atoms with Gasteiger partial charge in [-0.2, -0.15) is 13.2 Å². The molecule has 0 unspecified atom stereocenters. The number of nitrogens with two attached hydrogens (primary N) is 1. The van der Waals surface area contributed by atoms with Gasteiger partial charge in [-0.1, -0.05) is 28.1 Å². The molecule has 2 rings (SSSR count). The summed E-state index contributed by atoms with van der Waals surface area (Å²) in [5.41, 5.74) is 5.56. The topological polar surface area (TPSA) is 35.2 Å². The lowest BCUT2D eigenvalue weighted by Crippen LogP contribution is -2.17. The highest BCUT2D eigenvalue weighted by molar-refractivity contribution is 9.10. The average molecular weight is 451 g/mol. The van der Waals surface area contributed by atoms with Crippen molar-refractivity contribution in [1.82, 2.24) is 0 Å². The van der Waals surface area contributed by atoms with Gasteiger partial charge < -0.3 is 10.5 Å². The maximum atomic E-state index is 12.8. The fraction of sp³-hybridized carbons (Fsp3) is 0.200. The first-order valence-electron chi connectivity index (χ1n) is 6.45. The second-order valence-corrected chi connectivity index (χ2v) is 5.78. The van der Waals surface area contributed by atoms with Gasteiger partial charge in [0, 0.05) is 4.47 Å². The summed E-state index contributed by atoms with van der Waals surface area (Å²) < 4.78 is 78.8. The van der Waals surface area contributed by atoms with Crippen LogP contribution in [-0.2, 0) is 6.18 Å². The van der Waals surface area contributed by atoms with Crippen LogP contribution >= 0.6 is 28.3 Å². The van der Waals surface area contributed by atoms with E-state index in [4.69, 9.17) is 5.73 Å². The first kappa shape index (κ1) is 21.6. The molecular formula is C15H11BrClF6NO. The molecule has 0 aromatic heterocycles. The minimum Gasteiger partial charge on any atom is -0.406 e. The molecule has 0 saturated carbocycles. The Labute approximate surface area is 153 Å². The molecule has 2 aromatic carbocycles. The number of halogens is 8. The molecule has 2 aromatic rings. The third-order valence-corrected chi connectivity index (χ3v) is 3.54. The molecule has 0 amide bonds. The molecular weight excluding hydrogens is 440 g/mol. The molecule has 0 aliphatic heterocycles. The van der Waals surface area contributed by atoms with E-state index < -0.39 is 29.9 Å². The Morgan fingerprint density at radius 2 is 1.44 bits per heavy atom. The predicted octanol–water partition coefficient (Wildman–Crippen LogP) is 5.84. The maximum Gasteiger partial charge on any atom is 0.573 e. The molecule has 0 fully saturated rings. The summed E-state index contributed by atoms with van der Waals surface area (Å²) >= 11 is 2.99. The smallest absolute Gasteiger partial charge is 0.406 e. The van der Waals surface area contributed by atoms with Crippen molar-refractivity contribution in [1.29, 1.82) is 0 Å². The lowest BCUT2D eigenvalue weighted by atomic mass is 9.98. The van der Waals surface area contributed by atoms with E-state index in [2.05, 4.69) is 20.7 Å². The minimum absolute atomic E-state index is 0. The molecule has 2 N–H and O–H groups in total. The Balaban J connectivity index is 0.00000312. The largest absolute Gasteiger partial charge is 0.573 e. The van der Waals surface area contributed by atoms with E-state index >= 15 is 0 Å². The molecule has 10 heteroatoms. The molecule has 138 valence electrons. The van der Waals surface area contributed by atoms with Gasteiger partial charge in [0.2, 0.25) is 0 Å². The van der Waals surface area contributed by atoms with Crippen LogP contribution < -0.4 is 10.5 Å². The van der Waals surface area contributed by atoms with Crippen LogP contribution in [0.3, 0.4) is 0 Å². The average Bonchev–Trinajstić information content (AvgIpc) is 2.44. The van der Waals surface area contributed by atoms with Gasteiger partial charge in [-0.15, -0.1) is 25.6 Å². The van der Waals surface area contributed by atoms with Crippen LogP contribution in [-0.4, -0.2) is 6.36 Å². The van der Waals surface area contributed by atoms with E-state index in [1.807, 2.05) is 0 Å². The zero-order valence-corrected chi connectivity index (χ0v) is 14.6. The van der Waals surface area contributed by atoms with Crippen molar-refractivity contribution in [3.63, 3.8) is 0 Å². The number of rotatable bonds is 3. The predicted molar refractivity (Wildman–Crippen MR) is 85.5 cm³/mol. The van der Waals surface area contributed by atoms with Crippen molar-refractivity contribution in [3.05, 3.63) is 63.6 Å². The highest BCUT2D eigenvalue weighted by Crippen LogP contribution is 2.34. The van der Waals surface area contributed by atoms with Crippen molar-refractivity contribution in [2.75, 3.05) is 0 Å². The van der Waals surface area contributed by atoms with Gasteiger partial charge in [-0.05, 0) is 41.5 Å². The van der Waals surface area contributed by atoms with Crippen LogP contribution in [0.15, 0.2) is 46.9 Å². The standard InChI is InChI=1S/C15H10BrF6NO.ClH/c16-11-6-9(5-10(7-11)14(17,18)19)13(23)8-1-3-12(4-2-8)24-15(20,21)22;/h1-7,13H,23H2;1H/t13-;/m0./s1. The summed E-state index contributed by atoms with van der Waals surface area (Å²) in [5.74, 6) is -0.441. The molecule has 0 aliphatic carbocycles. The second-order valence-electron chi connectivity index (χ2n) is 4.87. The van der Waals surface area contributed by atoms with E-state index in [9.17, 15) is 26.3 Å². The summed E-state index contributed by atoms with van der Waals surface area (Å²) in [7, 11) is 0. The van der Waals surface area contributed by atoms with Gasteiger partial charge in [0.15, 0.2) is 0 Å². The monoisotopic (exact) mass is 449 g/mol. The first-order valence-corrected chi connectivity index (χ1v) is 7.24. The van der Waals surface area contributed by atoms with Gasteiger partial charge in [-0.3, -0.25) is 0 Å². The minimum atomic E-state index is -4.82. The van der Waals surface area contributed by atoms with Gasteiger partial charge in [0.25, 0.3) is 0 Å². The van der Waals surface area contributed by atoms with Crippen LogP contribution in [0.5, 0.6) is 5.75 Å². The van der Waals surface area contributed by atoms with Gasteiger partial charge in [0.1, 0.15) is 5.75 Å². The van der Waals surface area contributed by atoms with Gasteiger partial charge >= 0.3 is 12.5 Å². The fourth-order valence-electron chi connectivity index (χ4n) is 2.02. The van der Waals surface area contributed by atoms with Crippen molar-refractivity contribution in [2.24, 2.45) is 5.73 Å². The summed E-state index contributed by atoms with van der Waals surface area (Å²) in [6.07, 6.45) is -9.36. The molecule has 0 bridgehead atoms. The second kappa shape index (κ2) is 7.84. The summed E-state index contributed by atoms with van der Waals surface area (Å²) in [6.45, 7) is 0. The summed E-state index contributed by atoms with van der Waals surface area (Å²) in [4.78, 5) is 0. The fourth-order valence-corrected chi connectivity index (χ4v) is 2.54. The van der Waals surface area contributed by atoms with E-state index in [0.717, 1.165) is 24.3 Å². The number of ether oxygens (including phenoxy) is 1. The van der Waals surface area contributed by atoms with E-state index in [0.29, 0.717) is 5.56 Å². The number of alkyl halides is 6. The summed E-state index contributed by atoms with van der Waals surface area (Å²) in [6, 6.07) is 6.91. The Hall–Kier alpha value is -1.45. The van der Waals surface area contributed by atoms with Crippen molar-refractivity contribution < 1.29 is 31.1 Å². The van der Waals surface area contributed by atoms with E-state index in [1.54, 1.807) is 0 Å². The number of benzene rings is 2. The Morgan fingerprint density at radius 3 is 1.92 bits per heavy atom. The molecule has 0 aliphatic rings. The molecule has 0 spiro atoms. The zero-order valence-electron chi connectivity index (χ0n) is 12.2. The lowest BCUT2D eigenvalue weighted by Gasteiger charge is -2.16. The van der Waals surface area contributed by atoms with E-state index in [-0.39, 0.29) is 22.4 Å². The molecule has 0 saturated heterocycles. The Bertz CT molecular complexity index is 717. The van der Waals surface area contributed by atoms with E-state index in [1.165, 1.54) is 18.2 Å². The van der Waals surface area contributed by atoms with Crippen molar-refractivity contribution >= 4 is 28.3 Å². The SMILES string of the molecule is Cl.N[C@@H](c1ccc(OC(F)(F)F)cc1)c1cc(Br)cc(C(F)(F)F)c1. The van der Waals surface area contributed by atoms with Crippen LogP contribution in [0.25, 0.3) is 0 Å². The maximum absolute atomic E-state index is 12.8. The van der Waals surface area contributed by atoms with Crippen LogP contribution in [0.2, 0.25) is 0 Å². The van der Waals surface area contributed by atoms with Gasteiger partial charge in [0.05, 0.1) is 11.6 Å².